The first-order valence-electron chi connectivity index (χ1n) is 8.91. The molecule has 0 radical (unpaired) electrons. The molecule has 140 valence electrons. The van der Waals surface area contributed by atoms with Gasteiger partial charge in [0.1, 0.15) is 18.0 Å². The molecule has 6 heteroatoms. The number of hydrogen-bond acceptors (Lipinski definition) is 5. The molecule has 3 rings (SSSR count). The molecule has 0 aliphatic rings. The van der Waals surface area contributed by atoms with Crippen molar-refractivity contribution in [2.45, 2.75) is 20.8 Å². The van der Waals surface area contributed by atoms with E-state index in [1.165, 1.54) is 5.56 Å². The summed E-state index contributed by atoms with van der Waals surface area (Å²) in [5.74, 6) is 1.54. The van der Waals surface area contributed by atoms with Gasteiger partial charge >= 0.3 is 0 Å². The van der Waals surface area contributed by atoms with Crippen LogP contribution in [-0.2, 0) is 0 Å². The number of aromatic amines is 1. The van der Waals surface area contributed by atoms with Crippen LogP contribution in [0.25, 0.3) is 22.7 Å². The number of nitriles is 2. The van der Waals surface area contributed by atoms with Gasteiger partial charge in [-0.05, 0) is 67.8 Å². The molecule has 0 bridgehead atoms. The highest BCUT2D eigenvalue weighted by atomic mass is 16.5. The lowest BCUT2D eigenvalue weighted by Gasteiger charge is -2.10. The number of imidazole rings is 1. The Hall–Kier alpha value is -3.77. The zero-order chi connectivity index (χ0) is 20.1. The second-order valence-electron chi connectivity index (χ2n) is 6.29. The van der Waals surface area contributed by atoms with E-state index in [9.17, 15) is 5.26 Å². The molecule has 28 heavy (non-hydrogen) atoms. The van der Waals surface area contributed by atoms with Gasteiger partial charge in [-0.15, -0.1) is 0 Å². The lowest BCUT2D eigenvalue weighted by atomic mass is 10.1. The number of ether oxygens (including phenoxy) is 2. The first-order valence-corrected chi connectivity index (χ1v) is 8.91. The van der Waals surface area contributed by atoms with E-state index < -0.39 is 0 Å². The molecular weight excluding hydrogens is 352 g/mol. The summed E-state index contributed by atoms with van der Waals surface area (Å²) in [5.41, 5.74) is 5.24. The number of allylic oxidation sites excluding steroid dienone is 1. The van der Waals surface area contributed by atoms with Gasteiger partial charge in [0.05, 0.1) is 23.2 Å². The van der Waals surface area contributed by atoms with Crippen LogP contribution in [0.2, 0.25) is 0 Å². The highest BCUT2D eigenvalue weighted by molar-refractivity contribution is 5.90. The topological polar surface area (TPSA) is 94.7 Å². The molecule has 0 fully saturated rings. The van der Waals surface area contributed by atoms with E-state index in [4.69, 9.17) is 14.7 Å². The normalized spacial score (nSPS) is 11.1. The van der Waals surface area contributed by atoms with Crippen LogP contribution >= 0.6 is 0 Å². The molecule has 0 aliphatic carbocycles. The molecule has 0 spiro atoms. The van der Waals surface area contributed by atoms with E-state index in [1.807, 2.05) is 45.0 Å². The fraction of sp³-hybridized carbons (Fsp3) is 0.227. The van der Waals surface area contributed by atoms with Crippen molar-refractivity contribution in [3.63, 3.8) is 0 Å². The maximum Gasteiger partial charge on any atom is 0.174 e. The third kappa shape index (κ3) is 3.97. The van der Waals surface area contributed by atoms with Gasteiger partial charge in [0.2, 0.25) is 0 Å². The summed E-state index contributed by atoms with van der Waals surface area (Å²) in [6.07, 6.45) is 1.74. The van der Waals surface area contributed by atoms with Gasteiger partial charge in [0.25, 0.3) is 0 Å². The van der Waals surface area contributed by atoms with Crippen molar-refractivity contribution < 1.29 is 9.47 Å². The van der Waals surface area contributed by atoms with Crippen LogP contribution in [0.15, 0.2) is 30.3 Å². The van der Waals surface area contributed by atoms with Crippen LogP contribution in [0.5, 0.6) is 11.5 Å². The molecule has 2 aromatic carbocycles. The quantitative estimate of drug-likeness (QED) is 0.641. The van der Waals surface area contributed by atoms with E-state index in [-0.39, 0.29) is 6.61 Å². The van der Waals surface area contributed by atoms with Crippen molar-refractivity contribution >= 4 is 22.7 Å². The fourth-order valence-corrected chi connectivity index (χ4v) is 2.83. The van der Waals surface area contributed by atoms with Gasteiger partial charge in [-0.2, -0.15) is 10.5 Å². The first kappa shape index (κ1) is 19.0. The summed E-state index contributed by atoms with van der Waals surface area (Å²) >= 11 is 0. The van der Waals surface area contributed by atoms with Crippen LogP contribution in [0.3, 0.4) is 0 Å². The number of benzene rings is 2. The standard InChI is InChI=1S/C22H20N4O2/c1-4-27-21-12-16(5-6-20(21)28-8-7-23)11-17(13-24)22-25-18-9-14(2)15(3)10-19(18)26-22/h5-6,9-12H,4,8H2,1-3H3,(H,25,26). The molecule has 0 atom stereocenters. The largest absolute Gasteiger partial charge is 0.490 e. The zero-order valence-electron chi connectivity index (χ0n) is 16.0. The molecule has 0 saturated heterocycles. The number of hydrogen-bond donors (Lipinski definition) is 1. The zero-order valence-corrected chi connectivity index (χ0v) is 16.0. The van der Waals surface area contributed by atoms with Gasteiger partial charge in [0, 0.05) is 0 Å². The Balaban J connectivity index is 1.99. The molecule has 0 unspecified atom stereocenters. The minimum absolute atomic E-state index is 0.0590. The van der Waals surface area contributed by atoms with Gasteiger partial charge < -0.3 is 14.5 Å². The summed E-state index contributed by atoms with van der Waals surface area (Å²) in [6, 6.07) is 13.5. The molecule has 0 aliphatic heterocycles. The maximum atomic E-state index is 9.65. The third-order valence-electron chi connectivity index (χ3n) is 4.34. The number of rotatable bonds is 6. The average Bonchev–Trinajstić information content (AvgIpc) is 3.08. The molecular formula is C22H20N4O2. The second-order valence-corrected chi connectivity index (χ2v) is 6.29. The van der Waals surface area contributed by atoms with Crippen LogP contribution in [0.4, 0.5) is 0 Å². The number of H-pyrrole nitrogens is 1. The molecule has 0 saturated carbocycles. The predicted molar refractivity (Wildman–Crippen MR) is 108 cm³/mol. The van der Waals surface area contributed by atoms with Crippen molar-refractivity contribution in [1.82, 2.24) is 9.97 Å². The average molecular weight is 372 g/mol. The monoisotopic (exact) mass is 372 g/mol. The Morgan fingerprint density at radius 3 is 2.61 bits per heavy atom. The number of aromatic nitrogens is 2. The van der Waals surface area contributed by atoms with Gasteiger partial charge in [-0.3, -0.25) is 0 Å². The smallest absolute Gasteiger partial charge is 0.174 e. The Bertz CT molecular complexity index is 1090. The molecule has 1 N–H and O–H groups in total. The summed E-state index contributed by atoms with van der Waals surface area (Å²) in [5, 5.41) is 18.4. The van der Waals surface area contributed by atoms with E-state index >= 15 is 0 Å². The second kappa shape index (κ2) is 8.28. The minimum atomic E-state index is -0.0590. The Kier molecular flexibility index (Phi) is 5.62. The number of nitrogens with one attached hydrogen (secondary N) is 1. The minimum Gasteiger partial charge on any atom is -0.490 e. The molecule has 1 heterocycles. The predicted octanol–water partition coefficient (Wildman–Crippen LogP) is 4.55. The SMILES string of the molecule is CCOc1cc(C=C(C#N)c2nc3cc(C)c(C)cc3[nH]2)ccc1OCC#N. The van der Waals surface area contributed by atoms with E-state index in [2.05, 4.69) is 16.0 Å². The highest BCUT2D eigenvalue weighted by Crippen LogP contribution is 2.30. The Morgan fingerprint density at radius 1 is 1.11 bits per heavy atom. The first-order chi connectivity index (χ1) is 13.5. The number of aryl methyl sites for hydroxylation is 2. The Morgan fingerprint density at radius 2 is 1.89 bits per heavy atom. The van der Waals surface area contributed by atoms with Gasteiger partial charge in [0.15, 0.2) is 18.1 Å². The third-order valence-corrected chi connectivity index (χ3v) is 4.34. The highest BCUT2D eigenvalue weighted by Gasteiger charge is 2.11. The molecule has 1 aromatic heterocycles. The summed E-state index contributed by atoms with van der Waals surface area (Å²) < 4.78 is 11.0. The summed E-state index contributed by atoms with van der Waals surface area (Å²) in [4.78, 5) is 7.78. The number of nitrogens with zero attached hydrogens (tertiary/aromatic N) is 3. The fourth-order valence-electron chi connectivity index (χ4n) is 2.83. The van der Waals surface area contributed by atoms with Crippen molar-refractivity contribution in [3.05, 3.63) is 52.8 Å². The maximum absolute atomic E-state index is 9.65. The molecule has 6 nitrogen and oxygen atoms in total. The number of fused-ring (bicyclic) bond motifs is 1. The van der Waals surface area contributed by atoms with Crippen LogP contribution in [0, 0.1) is 36.5 Å². The van der Waals surface area contributed by atoms with E-state index in [0.29, 0.717) is 29.5 Å². The summed E-state index contributed by atoms with van der Waals surface area (Å²) in [7, 11) is 0. The van der Waals surface area contributed by atoms with E-state index in [1.54, 1.807) is 18.2 Å². The lowest BCUT2D eigenvalue weighted by molar-refractivity contribution is 0.298. The summed E-state index contributed by atoms with van der Waals surface area (Å²) in [6.45, 7) is 6.35. The van der Waals surface area contributed by atoms with Crippen molar-refractivity contribution in [3.8, 4) is 23.6 Å². The van der Waals surface area contributed by atoms with Gasteiger partial charge in [-0.1, -0.05) is 6.07 Å². The van der Waals surface area contributed by atoms with Crippen LogP contribution in [0.1, 0.15) is 29.4 Å². The van der Waals surface area contributed by atoms with Crippen molar-refractivity contribution in [2.75, 3.05) is 13.2 Å². The van der Waals surface area contributed by atoms with E-state index in [0.717, 1.165) is 22.2 Å². The Labute approximate surface area is 163 Å². The van der Waals surface area contributed by atoms with Crippen molar-refractivity contribution in [2.24, 2.45) is 0 Å². The lowest BCUT2D eigenvalue weighted by Crippen LogP contribution is -1.99. The van der Waals surface area contributed by atoms with Crippen LogP contribution < -0.4 is 9.47 Å². The van der Waals surface area contributed by atoms with Crippen molar-refractivity contribution in [1.29, 1.82) is 10.5 Å². The molecule has 0 amide bonds. The van der Waals surface area contributed by atoms with Crippen LogP contribution in [-0.4, -0.2) is 23.2 Å². The van der Waals surface area contributed by atoms with Gasteiger partial charge in [-0.25, -0.2) is 4.98 Å². The molecule has 3 aromatic rings.